The van der Waals surface area contributed by atoms with Crippen molar-refractivity contribution < 1.29 is 19.1 Å². The van der Waals surface area contributed by atoms with E-state index in [1.165, 1.54) is 0 Å². The van der Waals surface area contributed by atoms with Gasteiger partial charge in [-0.3, -0.25) is 19.3 Å². The molecule has 0 spiro atoms. The monoisotopic (exact) mass is 318 g/mol. The van der Waals surface area contributed by atoms with Crippen LogP contribution in [0.3, 0.4) is 0 Å². The first-order valence-corrected chi connectivity index (χ1v) is 7.76. The molecule has 1 heterocycles. The van der Waals surface area contributed by atoms with Gasteiger partial charge in [-0.2, -0.15) is 0 Å². The van der Waals surface area contributed by atoms with Crippen molar-refractivity contribution in [2.75, 3.05) is 20.3 Å². The predicted octanol–water partition coefficient (Wildman–Crippen LogP) is 1.46. The third-order valence-corrected chi connectivity index (χ3v) is 4.16. The first kappa shape index (κ1) is 17.1. The van der Waals surface area contributed by atoms with Gasteiger partial charge in [0.2, 0.25) is 5.91 Å². The van der Waals surface area contributed by atoms with Gasteiger partial charge in [-0.05, 0) is 18.1 Å². The summed E-state index contributed by atoms with van der Waals surface area (Å²) in [6.07, 6.45) is 0.676. The SMILES string of the molecule is CCC(C)C(C(=O)NCCOC)N1C(=O)c2ccccc2C1=O. The minimum Gasteiger partial charge on any atom is -0.383 e. The average molecular weight is 318 g/mol. The third kappa shape index (κ3) is 3.27. The summed E-state index contributed by atoms with van der Waals surface area (Å²) in [6, 6.07) is 5.84. The summed E-state index contributed by atoms with van der Waals surface area (Å²) in [7, 11) is 1.54. The molecule has 0 bridgehead atoms. The molecule has 1 aliphatic rings. The molecule has 2 atom stereocenters. The van der Waals surface area contributed by atoms with E-state index in [0.717, 1.165) is 4.90 Å². The molecule has 2 unspecified atom stereocenters. The van der Waals surface area contributed by atoms with E-state index >= 15 is 0 Å². The molecular weight excluding hydrogens is 296 g/mol. The van der Waals surface area contributed by atoms with Gasteiger partial charge in [0.1, 0.15) is 6.04 Å². The molecule has 0 aliphatic carbocycles. The second kappa shape index (κ2) is 7.37. The van der Waals surface area contributed by atoms with Gasteiger partial charge in [-0.1, -0.05) is 32.4 Å². The van der Waals surface area contributed by atoms with Crippen molar-refractivity contribution in [3.8, 4) is 0 Å². The zero-order valence-corrected chi connectivity index (χ0v) is 13.7. The van der Waals surface area contributed by atoms with Crippen molar-refractivity contribution in [1.82, 2.24) is 10.2 Å². The molecule has 124 valence electrons. The number of methoxy groups -OCH3 is 1. The Hall–Kier alpha value is -2.21. The average Bonchev–Trinajstić information content (AvgIpc) is 2.81. The van der Waals surface area contributed by atoms with Crippen LogP contribution in [0.2, 0.25) is 0 Å². The molecule has 6 heteroatoms. The zero-order valence-electron chi connectivity index (χ0n) is 13.7. The molecular formula is C17H22N2O4. The van der Waals surface area contributed by atoms with Crippen molar-refractivity contribution in [2.45, 2.75) is 26.3 Å². The first-order chi connectivity index (χ1) is 11.0. The van der Waals surface area contributed by atoms with E-state index in [-0.39, 0.29) is 11.8 Å². The minimum atomic E-state index is -0.816. The molecule has 1 N–H and O–H groups in total. The summed E-state index contributed by atoms with van der Waals surface area (Å²) in [5.41, 5.74) is 0.714. The summed E-state index contributed by atoms with van der Waals surface area (Å²) in [5.74, 6) is -1.28. The lowest BCUT2D eigenvalue weighted by atomic mass is 9.96. The van der Waals surface area contributed by atoms with Gasteiger partial charge >= 0.3 is 0 Å². The van der Waals surface area contributed by atoms with Crippen LogP contribution in [0, 0.1) is 5.92 Å². The van der Waals surface area contributed by atoms with E-state index in [1.807, 2.05) is 13.8 Å². The molecule has 1 aliphatic heterocycles. The number of benzene rings is 1. The van der Waals surface area contributed by atoms with Crippen LogP contribution in [-0.2, 0) is 9.53 Å². The Kier molecular flexibility index (Phi) is 5.50. The number of carbonyl (C=O) groups is 3. The molecule has 0 radical (unpaired) electrons. The Morgan fingerprint density at radius 1 is 1.22 bits per heavy atom. The summed E-state index contributed by atoms with van der Waals surface area (Å²) < 4.78 is 4.91. The number of ether oxygens (including phenoxy) is 1. The Morgan fingerprint density at radius 2 is 1.78 bits per heavy atom. The fourth-order valence-electron chi connectivity index (χ4n) is 2.69. The van der Waals surface area contributed by atoms with Gasteiger partial charge in [0, 0.05) is 13.7 Å². The Labute approximate surface area is 135 Å². The number of fused-ring (bicyclic) bond motifs is 1. The number of hydrogen-bond acceptors (Lipinski definition) is 4. The number of nitrogens with zero attached hydrogens (tertiary/aromatic N) is 1. The predicted molar refractivity (Wildman–Crippen MR) is 85.1 cm³/mol. The molecule has 6 nitrogen and oxygen atoms in total. The lowest BCUT2D eigenvalue weighted by Gasteiger charge is -2.29. The maximum Gasteiger partial charge on any atom is 0.262 e. The van der Waals surface area contributed by atoms with Crippen molar-refractivity contribution in [3.05, 3.63) is 35.4 Å². The Morgan fingerprint density at radius 3 is 2.26 bits per heavy atom. The highest BCUT2D eigenvalue weighted by Gasteiger charge is 2.44. The number of rotatable bonds is 7. The zero-order chi connectivity index (χ0) is 17.0. The van der Waals surface area contributed by atoms with Crippen molar-refractivity contribution in [2.24, 2.45) is 5.92 Å². The van der Waals surface area contributed by atoms with Crippen molar-refractivity contribution >= 4 is 17.7 Å². The highest BCUT2D eigenvalue weighted by molar-refractivity contribution is 6.22. The fourth-order valence-corrected chi connectivity index (χ4v) is 2.69. The molecule has 2 rings (SSSR count). The normalized spacial score (nSPS) is 16.2. The molecule has 0 saturated heterocycles. The largest absolute Gasteiger partial charge is 0.383 e. The van der Waals surface area contributed by atoms with E-state index in [1.54, 1.807) is 31.4 Å². The standard InChI is InChI=1S/C17H22N2O4/c1-4-11(2)14(15(20)18-9-10-23-3)19-16(21)12-7-5-6-8-13(12)17(19)22/h5-8,11,14H,4,9-10H2,1-3H3,(H,18,20). The van der Waals surface area contributed by atoms with Crippen molar-refractivity contribution in [3.63, 3.8) is 0 Å². The van der Waals surface area contributed by atoms with E-state index < -0.39 is 17.9 Å². The number of amides is 3. The second-order valence-corrected chi connectivity index (χ2v) is 5.64. The molecule has 1 aromatic carbocycles. The first-order valence-electron chi connectivity index (χ1n) is 7.76. The fraction of sp³-hybridized carbons (Fsp3) is 0.471. The summed E-state index contributed by atoms with van der Waals surface area (Å²) >= 11 is 0. The van der Waals surface area contributed by atoms with E-state index in [0.29, 0.717) is 30.7 Å². The number of nitrogens with one attached hydrogen (secondary N) is 1. The number of carbonyl (C=O) groups excluding carboxylic acids is 3. The second-order valence-electron chi connectivity index (χ2n) is 5.64. The van der Waals surface area contributed by atoms with Crippen LogP contribution in [0.4, 0.5) is 0 Å². The lowest BCUT2D eigenvalue weighted by molar-refractivity contribution is -0.126. The van der Waals surface area contributed by atoms with Gasteiger partial charge in [0.15, 0.2) is 0 Å². The maximum atomic E-state index is 12.6. The summed E-state index contributed by atoms with van der Waals surface area (Å²) in [5, 5.41) is 2.73. The van der Waals surface area contributed by atoms with Crippen molar-refractivity contribution in [1.29, 1.82) is 0 Å². The van der Waals surface area contributed by atoms with Gasteiger partial charge in [-0.25, -0.2) is 0 Å². The molecule has 0 aromatic heterocycles. The van der Waals surface area contributed by atoms with Gasteiger partial charge < -0.3 is 10.1 Å². The number of imide groups is 1. The van der Waals surface area contributed by atoms with Crippen LogP contribution < -0.4 is 5.32 Å². The lowest BCUT2D eigenvalue weighted by Crippen LogP contribution is -2.53. The maximum absolute atomic E-state index is 12.6. The quantitative estimate of drug-likeness (QED) is 0.610. The highest BCUT2D eigenvalue weighted by atomic mass is 16.5. The Balaban J connectivity index is 2.28. The van der Waals surface area contributed by atoms with E-state index in [2.05, 4.69) is 5.32 Å². The van der Waals surface area contributed by atoms with E-state index in [9.17, 15) is 14.4 Å². The van der Waals surface area contributed by atoms with Crippen LogP contribution in [0.5, 0.6) is 0 Å². The van der Waals surface area contributed by atoms with Crippen LogP contribution in [0.25, 0.3) is 0 Å². The highest BCUT2D eigenvalue weighted by Crippen LogP contribution is 2.28. The molecule has 0 fully saturated rings. The van der Waals surface area contributed by atoms with Gasteiger partial charge in [0.05, 0.1) is 17.7 Å². The summed E-state index contributed by atoms with van der Waals surface area (Å²) in [4.78, 5) is 38.8. The number of hydrogen-bond donors (Lipinski definition) is 1. The van der Waals surface area contributed by atoms with Gasteiger partial charge in [-0.15, -0.1) is 0 Å². The minimum absolute atomic E-state index is 0.139. The van der Waals surface area contributed by atoms with E-state index in [4.69, 9.17) is 4.74 Å². The smallest absolute Gasteiger partial charge is 0.262 e. The van der Waals surface area contributed by atoms with Crippen LogP contribution >= 0.6 is 0 Å². The third-order valence-electron chi connectivity index (χ3n) is 4.16. The Bertz CT molecular complexity index is 579. The molecule has 3 amide bonds. The molecule has 23 heavy (non-hydrogen) atoms. The summed E-state index contributed by atoms with van der Waals surface area (Å²) in [6.45, 7) is 4.51. The molecule has 0 saturated carbocycles. The molecule has 1 aromatic rings. The van der Waals surface area contributed by atoms with Crippen LogP contribution in [0.15, 0.2) is 24.3 Å². The topological polar surface area (TPSA) is 75.7 Å². The van der Waals surface area contributed by atoms with Gasteiger partial charge in [0.25, 0.3) is 11.8 Å². The van der Waals surface area contributed by atoms with Crippen LogP contribution in [0.1, 0.15) is 41.0 Å². The van der Waals surface area contributed by atoms with Crippen LogP contribution in [-0.4, -0.2) is 48.9 Å².